The molecule has 0 fully saturated rings. The molecule has 1 nitrogen and oxygen atoms in total. The summed E-state index contributed by atoms with van der Waals surface area (Å²) in [6, 6.07) is 1.29. The van der Waals surface area contributed by atoms with Crippen LogP contribution >= 0.6 is 11.1 Å². The summed E-state index contributed by atoms with van der Waals surface area (Å²) in [4.78, 5) is 0. The molecule has 1 N–H and O–H groups in total. The van der Waals surface area contributed by atoms with Crippen molar-refractivity contribution in [2.75, 3.05) is 13.6 Å². The molecule has 0 aromatic carbocycles. The van der Waals surface area contributed by atoms with Crippen LogP contribution in [0.1, 0.15) is 26.7 Å². The Morgan fingerprint density at radius 3 is 2.45 bits per heavy atom. The van der Waals surface area contributed by atoms with Gasteiger partial charge in [-0.3, -0.25) is 0 Å². The van der Waals surface area contributed by atoms with Crippen LogP contribution in [0.2, 0.25) is 11.6 Å². The Kier molecular flexibility index (Phi) is 7.44. The van der Waals surface area contributed by atoms with Gasteiger partial charge in [0, 0.05) is 0 Å². The van der Waals surface area contributed by atoms with E-state index >= 15 is 0 Å². The molecule has 0 aliphatic heterocycles. The molecule has 0 aromatic heterocycles. The number of unbranched alkanes of at least 4 members (excludes halogenated alkanes) is 1. The summed E-state index contributed by atoms with van der Waals surface area (Å²) in [7, 11) is 1.12. The summed E-state index contributed by atoms with van der Waals surface area (Å²) in [6.07, 6.45) is 2.58. The molecule has 0 aliphatic rings. The molecular formula is C8H20ClNSi. The van der Waals surface area contributed by atoms with Gasteiger partial charge in [-0.2, -0.15) is 11.1 Å². The van der Waals surface area contributed by atoms with Crippen LogP contribution in [-0.2, 0) is 0 Å². The van der Waals surface area contributed by atoms with Gasteiger partial charge < -0.3 is 5.32 Å². The lowest BCUT2D eigenvalue weighted by atomic mass is 10.3. The Balaban J connectivity index is 3.10. The largest absolute Gasteiger partial charge is 0.320 e. The van der Waals surface area contributed by atoms with Gasteiger partial charge in [0.25, 0.3) is 0 Å². The lowest BCUT2D eigenvalue weighted by molar-refractivity contribution is 0.706. The summed E-state index contributed by atoms with van der Waals surface area (Å²) < 4.78 is 0. The molecule has 11 heavy (non-hydrogen) atoms. The highest BCUT2D eigenvalue weighted by atomic mass is 35.6. The van der Waals surface area contributed by atoms with E-state index in [9.17, 15) is 0 Å². The molecule has 0 rings (SSSR count). The Morgan fingerprint density at radius 1 is 1.36 bits per heavy atom. The predicted molar refractivity (Wildman–Crippen MR) is 56.1 cm³/mol. The fourth-order valence-corrected chi connectivity index (χ4v) is 2.78. The van der Waals surface area contributed by atoms with Crippen LogP contribution < -0.4 is 5.32 Å². The highest BCUT2D eigenvalue weighted by Crippen LogP contribution is 2.17. The van der Waals surface area contributed by atoms with E-state index in [2.05, 4.69) is 19.2 Å². The summed E-state index contributed by atoms with van der Waals surface area (Å²) in [5.41, 5.74) is 0.756. The van der Waals surface area contributed by atoms with E-state index in [0.717, 1.165) is 12.1 Å². The SMILES string of the molecule is CNCCCC[SiH](Cl)C(C)C. The molecule has 0 saturated heterocycles. The van der Waals surface area contributed by atoms with Crippen LogP contribution in [0.25, 0.3) is 0 Å². The summed E-state index contributed by atoms with van der Waals surface area (Å²) in [5.74, 6) is 0. The molecule has 1 atom stereocenters. The van der Waals surface area contributed by atoms with Crippen molar-refractivity contribution in [1.82, 2.24) is 5.32 Å². The number of halogens is 1. The Bertz CT molecular complexity index is 88.2. The minimum atomic E-state index is -0.874. The standard InChI is InChI=1S/C8H20ClNSi/c1-8(2)11(9)7-5-4-6-10-3/h8,10-11H,4-7H2,1-3H3. The lowest BCUT2D eigenvalue weighted by Crippen LogP contribution is -2.11. The molecule has 0 saturated carbocycles. The Labute approximate surface area is 76.8 Å². The molecule has 0 radical (unpaired) electrons. The highest BCUT2D eigenvalue weighted by molar-refractivity contribution is 7.07. The number of rotatable bonds is 6. The number of nitrogens with one attached hydrogen (secondary N) is 1. The van der Waals surface area contributed by atoms with Gasteiger partial charge in [-0.25, -0.2) is 0 Å². The zero-order valence-corrected chi connectivity index (χ0v) is 9.77. The van der Waals surface area contributed by atoms with Crippen molar-refractivity contribution in [3.8, 4) is 0 Å². The first-order valence-corrected chi connectivity index (χ1v) is 7.70. The van der Waals surface area contributed by atoms with E-state index in [1.165, 1.54) is 18.9 Å². The molecule has 1 unspecified atom stereocenters. The third-order valence-corrected chi connectivity index (χ3v) is 6.45. The van der Waals surface area contributed by atoms with Gasteiger partial charge in [0.2, 0.25) is 0 Å². The van der Waals surface area contributed by atoms with Crippen LogP contribution in [0.15, 0.2) is 0 Å². The first kappa shape index (κ1) is 11.5. The third kappa shape index (κ3) is 6.85. The summed E-state index contributed by atoms with van der Waals surface area (Å²) in [5, 5.41) is 3.14. The second kappa shape index (κ2) is 7.13. The maximum atomic E-state index is 6.21. The molecule has 0 aliphatic carbocycles. The van der Waals surface area contributed by atoms with E-state index < -0.39 is 8.11 Å². The topological polar surface area (TPSA) is 12.0 Å². The maximum absolute atomic E-state index is 6.21. The van der Waals surface area contributed by atoms with E-state index in [1.807, 2.05) is 7.05 Å². The minimum absolute atomic E-state index is 0.756. The smallest absolute Gasteiger partial charge is 0.143 e. The Morgan fingerprint density at radius 2 is 2.00 bits per heavy atom. The molecule has 0 amide bonds. The van der Waals surface area contributed by atoms with Gasteiger partial charge in [-0.15, -0.1) is 0 Å². The maximum Gasteiger partial charge on any atom is 0.143 e. The summed E-state index contributed by atoms with van der Waals surface area (Å²) >= 11 is 6.21. The van der Waals surface area contributed by atoms with Crippen molar-refractivity contribution in [3.05, 3.63) is 0 Å². The molecular weight excluding hydrogens is 174 g/mol. The molecule has 3 heteroatoms. The normalized spacial score (nSPS) is 13.9. The lowest BCUT2D eigenvalue weighted by Gasteiger charge is -2.10. The second-order valence-electron chi connectivity index (χ2n) is 3.36. The van der Waals surface area contributed by atoms with Gasteiger partial charge in [-0.05, 0) is 31.6 Å². The number of hydrogen-bond donors (Lipinski definition) is 1. The average Bonchev–Trinajstić information content (AvgIpc) is 1.97. The zero-order chi connectivity index (χ0) is 8.69. The van der Waals surface area contributed by atoms with Crippen LogP contribution in [0.5, 0.6) is 0 Å². The first-order valence-electron chi connectivity index (χ1n) is 4.47. The van der Waals surface area contributed by atoms with Crippen LogP contribution in [0.3, 0.4) is 0 Å². The monoisotopic (exact) mass is 193 g/mol. The summed E-state index contributed by atoms with van der Waals surface area (Å²) in [6.45, 7) is 5.61. The van der Waals surface area contributed by atoms with Gasteiger partial charge in [0.15, 0.2) is 0 Å². The molecule has 0 aromatic rings. The van der Waals surface area contributed by atoms with Crippen LogP contribution in [-0.4, -0.2) is 21.7 Å². The quantitative estimate of drug-likeness (QED) is 0.388. The van der Waals surface area contributed by atoms with E-state index in [1.54, 1.807) is 0 Å². The van der Waals surface area contributed by atoms with E-state index in [4.69, 9.17) is 11.1 Å². The average molecular weight is 194 g/mol. The van der Waals surface area contributed by atoms with Crippen LogP contribution in [0, 0.1) is 0 Å². The first-order chi connectivity index (χ1) is 5.18. The van der Waals surface area contributed by atoms with Gasteiger partial charge in [0.1, 0.15) is 8.11 Å². The van der Waals surface area contributed by atoms with Crippen molar-refractivity contribution in [2.24, 2.45) is 0 Å². The fourth-order valence-electron chi connectivity index (χ4n) is 0.974. The van der Waals surface area contributed by atoms with Crippen molar-refractivity contribution in [3.63, 3.8) is 0 Å². The molecule has 68 valence electrons. The third-order valence-electron chi connectivity index (χ3n) is 1.88. The van der Waals surface area contributed by atoms with Gasteiger partial charge in [-0.1, -0.05) is 20.3 Å². The van der Waals surface area contributed by atoms with E-state index in [0.29, 0.717) is 0 Å². The fraction of sp³-hybridized carbons (Fsp3) is 1.00. The zero-order valence-electron chi connectivity index (χ0n) is 7.86. The van der Waals surface area contributed by atoms with Crippen LogP contribution in [0.4, 0.5) is 0 Å². The molecule has 0 bridgehead atoms. The number of hydrogen-bond acceptors (Lipinski definition) is 1. The Hall–Kier alpha value is 0.467. The molecule has 0 heterocycles. The second-order valence-corrected chi connectivity index (χ2v) is 7.98. The van der Waals surface area contributed by atoms with E-state index in [-0.39, 0.29) is 0 Å². The van der Waals surface area contributed by atoms with Crippen molar-refractivity contribution in [2.45, 2.75) is 38.3 Å². The van der Waals surface area contributed by atoms with Crippen molar-refractivity contribution >= 4 is 19.2 Å². The highest BCUT2D eigenvalue weighted by Gasteiger charge is 2.10. The van der Waals surface area contributed by atoms with Gasteiger partial charge in [0.05, 0.1) is 0 Å². The van der Waals surface area contributed by atoms with Crippen molar-refractivity contribution in [1.29, 1.82) is 0 Å². The molecule has 0 spiro atoms. The van der Waals surface area contributed by atoms with Crippen molar-refractivity contribution < 1.29 is 0 Å². The van der Waals surface area contributed by atoms with Gasteiger partial charge >= 0.3 is 0 Å². The predicted octanol–water partition coefficient (Wildman–Crippen LogP) is 2.36. The minimum Gasteiger partial charge on any atom is -0.320 e.